The number of ether oxygens (including phenoxy) is 2. The zero-order chi connectivity index (χ0) is 24.4. The third-order valence-electron chi connectivity index (χ3n) is 5.49. The molecule has 1 atom stereocenters. The number of amides is 2. The van der Waals surface area contributed by atoms with E-state index in [1.165, 1.54) is 0 Å². The quantitative estimate of drug-likeness (QED) is 0.534. The Kier molecular flexibility index (Phi) is 9.76. The lowest BCUT2D eigenvalue weighted by molar-refractivity contribution is -0.143. The second-order valence-electron chi connectivity index (χ2n) is 9.12. The van der Waals surface area contributed by atoms with Gasteiger partial charge in [0.1, 0.15) is 17.5 Å². The molecule has 2 amide bonds. The third-order valence-corrected chi connectivity index (χ3v) is 5.49. The average Bonchev–Trinajstić information content (AvgIpc) is 2.81. The van der Waals surface area contributed by atoms with Gasteiger partial charge in [0.25, 0.3) is 5.91 Å². The van der Waals surface area contributed by atoms with E-state index in [-0.39, 0.29) is 23.8 Å². The number of nitrogens with zero attached hydrogens (tertiary/aromatic N) is 1. The van der Waals surface area contributed by atoms with Crippen LogP contribution in [0, 0.1) is 0 Å². The van der Waals surface area contributed by atoms with Gasteiger partial charge in [0.15, 0.2) is 6.61 Å². The molecule has 0 unspecified atom stereocenters. The van der Waals surface area contributed by atoms with E-state index >= 15 is 0 Å². The molecule has 0 spiro atoms. The number of carbonyl (C=O) groups is 2. The van der Waals surface area contributed by atoms with Crippen LogP contribution < -0.4 is 14.8 Å². The summed E-state index contributed by atoms with van der Waals surface area (Å²) in [5, 5.41) is 2.93. The minimum absolute atomic E-state index is 0.117. The van der Waals surface area contributed by atoms with Crippen molar-refractivity contribution in [1.82, 2.24) is 10.2 Å². The summed E-state index contributed by atoms with van der Waals surface area (Å²) < 4.78 is 11.2. The zero-order valence-electron chi connectivity index (χ0n) is 20.8. The van der Waals surface area contributed by atoms with Gasteiger partial charge < -0.3 is 19.7 Å². The summed E-state index contributed by atoms with van der Waals surface area (Å²) in [6.07, 6.45) is 1.34. The summed E-state index contributed by atoms with van der Waals surface area (Å²) in [5.41, 5.74) is 1.84. The average molecular weight is 455 g/mol. The molecule has 2 aromatic carbocycles. The minimum Gasteiger partial charge on any atom is -0.497 e. The molecule has 2 aromatic rings. The maximum absolute atomic E-state index is 13.4. The van der Waals surface area contributed by atoms with Crippen LogP contribution in [0.25, 0.3) is 0 Å². The van der Waals surface area contributed by atoms with Crippen LogP contribution in [0.3, 0.4) is 0 Å². The number of para-hydroxylation sites is 1. The molecule has 0 heterocycles. The largest absolute Gasteiger partial charge is 0.497 e. The topological polar surface area (TPSA) is 67.9 Å². The molecule has 180 valence electrons. The van der Waals surface area contributed by atoms with Gasteiger partial charge >= 0.3 is 0 Å². The molecule has 1 N–H and O–H groups in total. The highest BCUT2D eigenvalue weighted by Gasteiger charge is 2.29. The molecule has 0 aliphatic heterocycles. The molecule has 6 heteroatoms. The number of carbonyl (C=O) groups excluding carboxylic acids is 2. The Morgan fingerprint density at radius 1 is 1.03 bits per heavy atom. The van der Waals surface area contributed by atoms with Crippen LogP contribution in [0.2, 0.25) is 0 Å². The van der Waals surface area contributed by atoms with E-state index in [1.54, 1.807) is 12.0 Å². The number of rotatable bonds is 11. The molecule has 0 aliphatic rings. The van der Waals surface area contributed by atoms with Crippen LogP contribution in [0.4, 0.5) is 0 Å². The second kappa shape index (κ2) is 12.3. The molecule has 0 radical (unpaired) electrons. The Bertz CT molecular complexity index is 903. The summed E-state index contributed by atoms with van der Waals surface area (Å²) in [6.45, 7) is 11.0. The van der Waals surface area contributed by atoms with Crippen molar-refractivity contribution in [3.05, 3.63) is 59.7 Å². The summed E-state index contributed by atoms with van der Waals surface area (Å²) in [7, 11) is 1.61. The molecule has 0 saturated heterocycles. The van der Waals surface area contributed by atoms with E-state index in [2.05, 4.69) is 26.1 Å². The fraction of sp³-hybridized carbons (Fsp3) is 0.481. The lowest BCUT2D eigenvalue weighted by atomic mass is 9.86. The standard InChI is InChI=1S/C27H38N2O4/c1-7-17-28-26(31)23(8-2)29(18-20-13-15-21(32-6)16-14-20)25(30)19-33-24-12-10-9-11-22(24)27(3,4)5/h9-16,23H,7-8,17-19H2,1-6H3,(H,28,31)/t23-/m1/s1. The van der Waals surface area contributed by atoms with E-state index in [1.807, 2.05) is 62.4 Å². The van der Waals surface area contributed by atoms with E-state index < -0.39 is 6.04 Å². The molecule has 0 fully saturated rings. The molecule has 0 aromatic heterocycles. The highest BCUT2D eigenvalue weighted by molar-refractivity contribution is 5.88. The number of hydrogen-bond donors (Lipinski definition) is 1. The van der Waals surface area contributed by atoms with Crippen molar-refractivity contribution in [1.29, 1.82) is 0 Å². The molecule has 0 aliphatic carbocycles. The SMILES string of the molecule is CCCNC(=O)[C@@H](CC)N(Cc1ccc(OC)cc1)C(=O)COc1ccccc1C(C)(C)C. The lowest BCUT2D eigenvalue weighted by Gasteiger charge is -2.31. The van der Waals surface area contributed by atoms with Gasteiger partial charge in [-0.2, -0.15) is 0 Å². The molecular formula is C27H38N2O4. The molecule has 0 bridgehead atoms. The first-order valence-electron chi connectivity index (χ1n) is 11.6. The van der Waals surface area contributed by atoms with Crippen molar-refractivity contribution in [3.8, 4) is 11.5 Å². The Hall–Kier alpha value is -3.02. The number of benzene rings is 2. The highest BCUT2D eigenvalue weighted by Crippen LogP contribution is 2.31. The van der Waals surface area contributed by atoms with Crippen LogP contribution in [0.1, 0.15) is 58.6 Å². The molecule has 0 saturated carbocycles. The minimum atomic E-state index is -0.576. The van der Waals surface area contributed by atoms with E-state index in [4.69, 9.17) is 9.47 Å². The summed E-state index contributed by atoms with van der Waals surface area (Å²) in [6, 6.07) is 14.7. The van der Waals surface area contributed by atoms with Gasteiger partial charge in [0.2, 0.25) is 5.91 Å². The van der Waals surface area contributed by atoms with Gasteiger partial charge in [0, 0.05) is 13.1 Å². The number of hydrogen-bond acceptors (Lipinski definition) is 4. The Balaban J connectivity index is 2.25. The summed E-state index contributed by atoms with van der Waals surface area (Å²) in [4.78, 5) is 27.9. The van der Waals surface area contributed by atoms with Crippen molar-refractivity contribution < 1.29 is 19.1 Å². The summed E-state index contributed by atoms with van der Waals surface area (Å²) >= 11 is 0. The Morgan fingerprint density at radius 2 is 1.70 bits per heavy atom. The fourth-order valence-corrected chi connectivity index (χ4v) is 3.65. The first-order chi connectivity index (χ1) is 15.7. The normalized spacial score (nSPS) is 12.1. The Morgan fingerprint density at radius 3 is 2.27 bits per heavy atom. The van der Waals surface area contributed by atoms with Crippen LogP contribution in [-0.2, 0) is 21.5 Å². The monoisotopic (exact) mass is 454 g/mol. The lowest BCUT2D eigenvalue weighted by Crippen LogP contribution is -2.50. The second-order valence-corrected chi connectivity index (χ2v) is 9.12. The van der Waals surface area contributed by atoms with Crippen LogP contribution in [0.15, 0.2) is 48.5 Å². The van der Waals surface area contributed by atoms with Gasteiger partial charge in [-0.25, -0.2) is 0 Å². The molecule has 6 nitrogen and oxygen atoms in total. The maximum Gasteiger partial charge on any atom is 0.261 e. The van der Waals surface area contributed by atoms with Gasteiger partial charge in [-0.05, 0) is 47.6 Å². The van der Waals surface area contributed by atoms with Crippen LogP contribution in [0.5, 0.6) is 11.5 Å². The number of nitrogens with one attached hydrogen (secondary N) is 1. The van der Waals surface area contributed by atoms with Gasteiger partial charge in [-0.3, -0.25) is 9.59 Å². The van der Waals surface area contributed by atoms with Gasteiger partial charge in [0.05, 0.1) is 7.11 Å². The molecular weight excluding hydrogens is 416 g/mol. The van der Waals surface area contributed by atoms with Crippen molar-refractivity contribution >= 4 is 11.8 Å². The molecule has 33 heavy (non-hydrogen) atoms. The first-order valence-corrected chi connectivity index (χ1v) is 11.6. The summed E-state index contributed by atoms with van der Waals surface area (Å²) in [5.74, 6) is 1.06. The van der Waals surface area contributed by atoms with E-state index in [9.17, 15) is 9.59 Å². The smallest absolute Gasteiger partial charge is 0.261 e. The van der Waals surface area contributed by atoms with Crippen molar-refractivity contribution in [2.24, 2.45) is 0 Å². The van der Waals surface area contributed by atoms with Crippen molar-refractivity contribution in [2.45, 2.75) is 65.5 Å². The molecule has 2 rings (SSSR count). The Labute approximate surface area is 198 Å². The van der Waals surface area contributed by atoms with Crippen LogP contribution >= 0.6 is 0 Å². The third kappa shape index (κ3) is 7.52. The van der Waals surface area contributed by atoms with E-state index in [0.29, 0.717) is 25.3 Å². The van der Waals surface area contributed by atoms with Gasteiger partial charge in [-0.1, -0.05) is 65.0 Å². The van der Waals surface area contributed by atoms with Gasteiger partial charge in [-0.15, -0.1) is 0 Å². The first kappa shape index (κ1) is 26.2. The number of methoxy groups -OCH3 is 1. The van der Waals surface area contributed by atoms with Crippen LogP contribution in [-0.4, -0.2) is 43.0 Å². The predicted molar refractivity (Wildman–Crippen MR) is 132 cm³/mol. The van der Waals surface area contributed by atoms with E-state index in [0.717, 1.165) is 23.3 Å². The predicted octanol–water partition coefficient (Wildman–Crippen LogP) is 4.71. The maximum atomic E-state index is 13.4. The van der Waals surface area contributed by atoms with Crippen molar-refractivity contribution in [2.75, 3.05) is 20.3 Å². The zero-order valence-corrected chi connectivity index (χ0v) is 20.8. The highest BCUT2D eigenvalue weighted by atomic mass is 16.5. The fourth-order valence-electron chi connectivity index (χ4n) is 3.65. The van der Waals surface area contributed by atoms with Crippen molar-refractivity contribution in [3.63, 3.8) is 0 Å².